The van der Waals surface area contributed by atoms with Gasteiger partial charge < -0.3 is 15.1 Å². The van der Waals surface area contributed by atoms with Gasteiger partial charge in [0.15, 0.2) is 0 Å². The number of hydrogen-bond donors (Lipinski definition) is 2. The van der Waals surface area contributed by atoms with E-state index in [9.17, 15) is 9.59 Å². The number of amides is 2. The average molecular weight is 442 g/mol. The van der Waals surface area contributed by atoms with E-state index in [1.54, 1.807) is 16.2 Å². The summed E-state index contributed by atoms with van der Waals surface area (Å²) in [5.74, 6) is 0.0771. The van der Waals surface area contributed by atoms with Crippen molar-refractivity contribution in [1.29, 1.82) is 0 Å². The highest BCUT2D eigenvalue weighted by Gasteiger charge is 2.33. The molecule has 1 atom stereocenters. The maximum absolute atomic E-state index is 13.2. The first-order valence-corrected chi connectivity index (χ1v) is 12.2. The second kappa shape index (κ2) is 9.09. The molecule has 4 rings (SSSR count). The maximum atomic E-state index is 13.2. The van der Waals surface area contributed by atoms with Gasteiger partial charge in [-0.3, -0.25) is 9.59 Å². The Morgan fingerprint density at radius 2 is 1.90 bits per heavy atom. The summed E-state index contributed by atoms with van der Waals surface area (Å²) in [6.45, 7) is 9.88. The van der Waals surface area contributed by atoms with Crippen LogP contribution in [0.1, 0.15) is 62.5 Å². The molecular formula is C24H33N4O2S+. The van der Waals surface area contributed by atoms with E-state index in [1.165, 1.54) is 32.9 Å². The molecule has 2 amide bonds. The molecule has 1 unspecified atom stereocenters. The largest absolute Gasteiger partial charge is 0.346 e. The minimum atomic E-state index is -0.515. The average Bonchev–Trinajstić information content (AvgIpc) is 3.49. The smallest absolute Gasteiger partial charge is 0.254 e. The van der Waals surface area contributed by atoms with Crippen LogP contribution in [-0.4, -0.2) is 53.9 Å². The summed E-state index contributed by atoms with van der Waals surface area (Å²) < 4.78 is 0. The molecule has 1 aromatic heterocycles. The molecule has 2 N–H and O–H groups in total. The van der Waals surface area contributed by atoms with Crippen molar-refractivity contribution in [2.75, 3.05) is 26.2 Å². The third-order valence-electron chi connectivity index (χ3n) is 6.48. The van der Waals surface area contributed by atoms with E-state index in [0.29, 0.717) is 6.04 Å². The maximum Gasteiger partial charge on any atom is 0.254 e. The molecule has 2 aromatic rings. The van der Waals surface area contributed by atoms with E-state index < -0.39 is 5.54 Å². The summed E-state index contributed by atoms with van der Waals surface area (Å²) in [6.07, 6.45) is 4.86. The van der Waals surface area contributed by atoms with Gasteiger partial charge in [0, 0.05) is 42.8 Å². The van der Waals surface area contributed by atoms with E-state index >= 15 is 0 Å². The van der Waals surface area contributed by atoms with Crippen LogP contribution in [0.15, 0.2) is 29.6 Å². The fourth-order valence-electron chi connectivity index (χ4n) is 4.85. The predicted octanol–water partition coefficient (Wildman–Crippen LogP) is 2.46. The van der Waals surface area contributed by atoms with Crippen LogP contribution < -0.4 is 10.2 Å². The molecule has 0 bridgehead atoms. The standard InChI is InChI=1S/C24H32N4O2S/c1-17(29)26-24(2,3)21-16-31-22(25-21)18-8-10-19(11-9-18)23(30)28-14-6-7-20(28)15-27-12-4-5-13-27/h8-11,16,20H,4-7,12-15H2,1-3H3,(H,26,29)/p+1. The van der Waals surface area contributed by atoms with E-state index in [2.05, 4.69) is 10.2 Å². The van der Waals surface area contributed by atoms with Crippen molar-refractivity contribution in [1.82, 2.24) is 15.2 Å². The Hall–Kier alpha value is -2.25. The minimum Gasteiger partial charge on any atom is -0.346 e. The summed E-state index contributed by atoms with van der Waals surface area (Å²) in [6, 6.07) is 8.19. The first-order chi connectivity index (χ1) is 14.8. The number of rotatable bonds is 6. The second-order valence-electron chi connectivity index (χ2n) is 9.38. The summed E-state index contributed by atoms with van der Waals surface area (Å²) in [4.78, 5) is 33.1. The molecule has 2 fully saturated rings. The third kappa shape index (κ3) is 4.99. The summed E-state index contributed by atoms with van der Waals surface area (Å²) in [5.41, 5.74) is 2.07. The molecule has 0 saturated carbocycles. The van der Waals surface area contributed by atoms with Gasteiger partial charge in [-0.2, -0.15) is 0 Å². The van der Waals surface area contributed by atoms with Gasteiger partial charge in [0.25, 0.3) is 5.91 Å². The van der Waals surface area contributed by atoms with Crippen molar-refractivity contribution in [2.24, 2.45) is 0 Å². The van der Waals surface area contributed by atoms with Crippen LogP contribution in [0.2, 0.25) is 0 Å². The van der Waals surface area contributed by atoms with Gasteiger partial charge >= 0.3 is 0 Å². The van der Waals surface area contributed by atoms with Gasteiger partial charge in [-0.1, -0.05) is 12.1 Å². The van der Waals surface area contributed by atoms with Crippen LogP contribution in [-0.2, 0) is 10.3 Å². The molecule has 31 heavy (non-hydrogen) atoms. The lowest BCUT2D eigenvalue weighted by molar-refractivity contribution is -0.889. The number of nitrogens with zero attached hydrogens (tertiary/aromatic N) is 2. The van der Waals surface area contributed by atoms with Crippen molar-refractivity contribution in [3.8, 4) is 10.6 Å². The van der Waals surface area contributed by atoms with Crippen LogP contribution in [0, 0.1) is 0 Å². The SMILES string of the molecule is CC(=O)NC(C)(C)c1csc(-c2ccc(C(=O)N3CCCC3C[NH+]3CCCC3)cc2)n1. The molecule has 0 aliphatic carbocycles. The van der Waals surface area contributed by atoms with Crippen molar-refractivity contribution >= 4 is 23.2 Å². The first-order valence-electron chi connectivity index (χ1n) is 11.3. The normalized spacial score (nSPS) is 19.7. The number of likely N-dealkylation sites (tertiary alicyclic amines) is 2. The van der Waals surface area contributed by atoms with Gasteiger partial charge in [0.2, 0.25) is 5.91 Å². The number of carbonyl (C=O) groups is 2. The topological polar surface area (TPSA) is 66.7 Å². The summed E-state index contributed by atoms with van der Waals surface area (Å²) >= 11 is 1.55. The van der Waals surface area contributed by atoms with Crippen molar-refractivity contribution in [3.05, 3.63) is 40.9 Å². The van der Waals surface area contributed by atoms with Crippen LogP contribution >= 0.6 is 11.3 Å². The van der Waals surface area contributed by atoms with E-state index in [4.69, 9.17) is 4.98 Å². The number of hydrogen-bond acceptors (Lipinski definition) is 4. The van der Waals surface area contributed by atoms with E-state index in [-0.39, 0.29) is 11.8 Å². The highest BCUT2D eigenvalue weighted by molar-refractivity contribution is 7.13. The lowest BCUT2D eigenvalue weighted by Crippen LogP contribution is -3.11. The lowest BCUT2D eigenvalue weighted by atomic mass is 10.0. The zero-order chi connectivity index (χ0) is 22.0. The Morgan fingerprint density at radius 3 is 2.58 bits per heavy atom. The van der Waals surface area contributed by atoms with Crippen molar-refractivity contribution in [3.63, 3.8) is 0 Å². The number of quaternary nitrogens is 1. The predicted molar refractivity (Wildman–Crippen MR) is 123 cm³/mol. The minimum absolute atomic E-state index is 0.0750. The summed E-state index contributed by atoms with van der Waals surface area (Å²) in [7, 11) is 0. The van der Waals surface area contributed by atoms with Gasteiger partial charge in [-0.25, -0.2) is 4.98 Å². The third-order valence-corrected chi connectivity index (χ3v) is 7.38. The highest BCUT2D eigenvalue weighted by Crippen LogP contribution is 2.29. The fraction of sp³-hybridized carbons (Fsp3) is 0.542. The second-order valence-corrected chi connectivity index (χ2v) is 10.2. The molecule has 7 heteroatoms. The number of aromatic nitrogens is 1. The Labute approximate surface area is 188 Å². The van der Waals surface area contributed by atoms with Gasteiger partial charge in [-0.05, 0) is 38.8 Å². The fourth-order valence-corrected chi connectivity index (χ4v) is 5.84. The zero-order valence-corrected chi connectivity index (χ0v) is 19.6. The zero-order valence-electron chi connectivity index (χ0n) is 18.7. The van der Waals surface area contributed by atoms with Crippen LogP contribution in [0.25, 0.3) is 10.6 Å². The molecule has 2 aliphatic heterocycles. The van der Waals surface area contributed by atoms with Gasteiger partial charge in [0.1, 0.15) is 5.01 Å². The van der Waals surface area contributed by atoms with Crippen LogP contribution in [0.4, 0.5) is 0 Å². The van der Waals surface area contributed by atoms with E-state index in [1.807, 2.05) is 43.5 Å². The molecular weight excluding hydrogens is 408 g/mol. The molecule has 0 spiro atoms. The first kappa shape index (κ1) is 22.0. The van der Waals surface area contributed by atoms with Crippen molar-refractivity contribution in [2.45, 2.75) is 58.0 Å². The quantitative estimate of drug-likeness (QED) is 0.724. The number of benzene rings is 1. The Balaban J connectivity index is 1.44. The molecule has 2 saturated heterocycles. The van der Waals surface area contributed by atoms with Crippen molar-refractivity contribution < 1.29 is 14.5 Å². The van der Waals surface area contributed by atoms with E-state index in [0.717, 1.165) is 47.8 Å². The lowest BCUT2D eigenvalue weighted by Gasteiger charge is -2.26. The summed E-state index contributed by atoms with van der Waals surface area (Å²) in [5, 5.41) is 5.82. The van der Waals surface area contributed by atoms with Gasteiger partial charge in [-0.15, -0.1) is 11.3 Å². The molecule has 166 valence electrons. The molecule has 2 aliphatic rings. The monoisotopic (exact) mass is 441 g/mol. The Kier molecular flexibility index (Phi) is 6.44. The number of nitrogens with one attached hydrogen (secondary N) is 2. The van der Waals surface area contributed by atoms with Crippen LogP contribution in [0.5, 0.6) is 0 Å². The Bertz CT molecular complexity index is 931. The van der Waals surface area contributed by atoms with Crippen LogP contribution in [0.3, 0.4) is 0 Å². The van der Waals surface area contributed by atoms with Gasteiger partial charge in [0.05, 0.1) is 36.9 Å². The molecule has 6 nitrogen and oxygen atoms in total. The Morgan fingerprint density at radius 1 is 1.19 bits per heavy atom. The molecule has 3 heterocycles. The highest BCUT2D eigenvalue weighted by atomic mass is 32.1. The number of thiazole rings is 1. The number of carbonyl (C=O) groups excluding carboxylic acids is 2. The molecule has 1 aromatic carbocycles. The molecule has 0 radical (unpaired) electrons.